The van der Waals surface area contributed by atoms with E-state index in [2.05, 4.69) is 55.7 Å². The molecule has 0 unspecified atom stereocenters. The molecule has 3 aromatic carbocycles. The van der Waals surface area contributed by atoms with Gasteiger partial charge in [-0.2, -0.15) is 0 Å². The molecular weight excluding hydrogens is 889 g/mol. The number of anilines is 4. The van der Waals surface area contributed by atoms with Gasteiger partial charge in [0.15, 0.2) is 35.8 Å². The molecule has 0 aliphatic heterocycles. The van der Waals surface area contributed by atoms with Gasteiger partial charge in [0.25, 0.3) is 11.8 Å². The summed E-state index contributed by atoms with van der Waals surface area (Å²) >= 11 is 2.53. The zero-order valence-electron chi connectivity index (χ0n) is 36.4. The average Bonchev–Trinajstić information content (AvgIpc) is 3.21. The van der Waals surface area contributed by atoms with Crippen molar-refractivity contribution in [2.45, 2.75) is 23.6 Å². The number of nitrogens with two attached hydrogens (primary N) is 6. The predicted molar refractivity (Wildman–Crippen MR) is 268 cm³/mol. The largest absolute Gasteiger partial charge is 0.491 e. The lowest BCUT2D eigenvalue weighted by molar-refractivity contribution is 0.102. The van der Waals surface area contributed by atoms with E-state index >= 15 is 0 Å². The van der Waals surface area contributed by atoms with Crippen molar-refractivity contribution in [1.82, 2.24) is 21.3 Å². The fraction of sp³-hybridized carbons (Fsp3) is 0.250. The lowest BCUT2D eigenvalue weighted by atomic mass is 10.0. The summed E-state index contributed by atoms with van der Waals surface area (Å²) in [4.78, 5) is 30.4. The van der Waals surface area contributed by atoms with Gasteiger partial charge in [-0.1, -0.05) is 24.3 Å². The van der Waals surface area contributed by atoms with Crippen molar-refractivity contribution in [2.24, 2.45) is 34.4 Å². The van der Waals surface area contributed by atoms with Gasteiger partial charge in [0.2, 0.25) is 0 Å². The number of thioether (sulfide) groups is 2. The third kappa shape index (κ3) is 16.9. The highest BCUT2D eigenvalue weighted by atomic mass is 32.2. The summed E-state index contributed by atoms with van der Waals surface area (Å²) in [5.74, 6) is -2.67. The number of hydrogen-bond donors (Lipinski definition) is 20. The second-order valence-corrected chi connectivity index (χ2v) is 16.2. The number of carbonyl (C=O) groups is 2. The minimum Gasteiger partial charge on any atom is -0.491 e. The maximum absolute atomic E-state index is 14.7. The molecule has 354 valence electrons. The normalized spacial score (nSPS) is 10.3. The van der Waals surface area contributed by atoms with Gasteiger partial charge in [-0.05, 0) is 55.3 Å². The van der Waals surface area contributed by atoms with Crippen molar-refractivity contribution in [1.29, 1.82) is 32.5 Å². The van der Waals surface area contributed by atoms with Gasteiger partial charge in [-0.3, -0.25) is 42.0 Å². The third-order valence-electron chi connectivity index (χ3n) is 8.45. The van der Waals surface area contributed by atoms with Crippen LogP contribution in [0.1, 0.15) is 45.7 Å². The second kappa shape index (κ2) is 25.3. The number of allylic oxidation sites excluding steroid dienone is 2. The first-order valence-electron chi connectivity index (χ1n) is 19.7. The molecule has 0 atom stereocenters. The highest BCUT2D eigenvalue weighted by molar-refractivity contribution is 7.99. The van der Waals surface area contributed by atoms with Crippen LogP contribution in [0.3, 0.4) is 0 Å². The van der Waals surface area contributed by atoms with Crippen LogP contribution in [0.15, 0.2) is 59.3 Å². The Morgan fingerprint density at radius 3 is 1.12 bits per heavy atom. The van der Waals surface area contributed by atoms with Gasteiger partial charge in [0.1, 0.15) is 24.7 Å². The van der Waals surface area contributed by atoms with E-state index in [1.807, 2.05) is 0 Å². The highest BCUT2D eigenvalue weighted by Gasteiger charge is 2.25. The number of amides is 2. The Labute approximate surface area is 390 Å². The van der Waals surface area contributed by atoms with E-state index in [-0.39, 0.29) is 109 Å². The molecule has 3 rings (SSSR count). The number of ether oxygens (including phenoxy) is 2. The molecule has 26 heteroatoms. The highest BCUT2D eigenvalue weighted by Crippen LogP contribution is 2.40. The molecule has 0 aromatic heterocycles. The Balaban J connectivity index is 2.30. The van der Waals surface area contributed by atoms with Gasteiger partial charge in [0, 0.05) is 30.7 Å². The van der Waals surface area contributed by atoms with Crippen LogP contribution < -0.4 is 86.4 Å². The third-order valence-corrected chi connectivity index (χ3v) is 10.7. The molecule has 0 fully saturated rings. The van der Waals surface area contributed by atoms with Crippen molar-refractivity contribution in [3.8, 4) is 11.5 Å². The number of rotatable bonds is 24. The topological polar surface area (TPSA) is 448 Å². The maximum Gasteiger partial charge on any atom is 0.259 e. The molecule has 0 bridgehead atoms. The average molecular weight is 947 g/mol. The van der Waals surface area contributed by atoms with E-state index in [1.165, 1.54) is 35.7 Å². The molecule has 0 saturated heterocycles. The standard InChI is InChI=1S/C40H58N20O4S2/c1-19(2)21-13-25(31(27(15-21)59-39(49)50)65-11-7-55-37(45)46)57-33(61)23-17-24(30(64-10-6-54-36(43)44)18-29(23)63-9-5-53-35(41)42)34(62)58-26-14-22(20(3)4)16-28(60-40(51)52)32(26)66-12-8-56-38(47)48/h13-18H,1,3,5-12H2,2,4H3,(H,57,61)(H,58,62)(H4,41,42,53)(H4,43,44,54)(H4,45,46,55)(H4,47,48,56)(H4,49,50,59)(H4,51,52,60). The Hall–Kier alpha value is -8.00. The summed E-state index contributed by atoms with van der Waals surface area (Å²) in [5, 5.41) is 68.4. The van der Waals surface area contributed by atoms with Gasteiger partial charge in [0.05, 0.1) is 56.8 Å². The fourth-order valence-electron chi connectivity index (χ4n) is 5.63. The smallest absolute Gasteiger partial charge is 0.259 e. The minimum absolute atomic E-state index is 0.0339. The quantitative estimate of drug-likeness (QED) is 0.0263. The lowest BCUT2D eigenvalue weighted by Crippen LogP contribution is -2.34. The van der Waals surface area contributed by atoms with E-state index in [0.717, 1.165) is 0 Å². The van der Waals surface area contributed by atoms with Crippen molar-refractivity contribution >= 4 is 105 Å². The van der Waals surface area contributed by atoms with Crippen LogP contribution in [0.4, 0.5) is 22.7 Å². The number of hydrogen-bond acceptors (Lipinski definition) is 12. The first-order valence-corrected chi connectivity index (χ1v) is 21.7. The summed E-state index contributed by atoms with van der Waals surface area (Å²) in [5.41, 5.74) is 37.0. The summed E-state index contributed by atoms with van der Waals surface area (Å²) in [6, 6.07) is 9.45. The fourth-order valence-corrected chi connectivity index (χ4v) is 7.51. The predicted octanol–water partition coefficient (Wildman–Crippen LogP) is 1.74. The van der Waals surface area contributed by atoms with Gasteiger partial charge in [-0.15, -0.1) is 23.5 Å². The Kier molecular flexibility index (Phi) is 20.1. The Morgan fingerprint density at radius 2 is 0.818 bits per heavy atom. The van der Waals surface area contributed by atoms with E-state index in [4.69, 9.17) is 76.3 Å². The molecule has 66 heavy (non-hydrogen) atoms. The molecule has 0 saturated carbocycles. The van der Waals surface area contributed by atoms with Crippen LogP contribution in [0.5, 0.6) is 11.5 Å². The van der Waals surface area contributed by atoms with Gasteiger partial charge >= 0.3 is 0 Å². The van der Waals surface area contributed by atoms with Crippen molar-refractivity contribution < 1.29 is 19.1 Å². The second-order valence-electron chi connectivity index (χ2n) is 13.9. The number of guanidine groups is 6. The maximum atomic E-state index is 14.7. The molecule has 26 N–H and O–H groups in total. The molecule has 24 nitrogen and oxygen atoms in total. The van der Waals surface area contributed by atoms with E-state index < -0.39 is 11.8 Å². The van der Waals surface area contributed by atoms with Gasteiger partial charge in [-0.25, -0.2) is 0 Å². The zero-order chi connectivity index (χ0) is 49.1. The molecule has 0 spiro atoms. The first-order chi connectivity index (χ1) is 31.2. The van der Waals surface area contributed by atoms with Crippen molar-refractivity contribution in [2.75, 3.05) is 72.2 Å². The van der Waals surface area contributed by atoms with Crippen LogP contribution in [-0.4, -0.2) is 98.5 Å². The zero-order valence-corrected chi connectivity index (χ0v) is 38.1. The van der Waals surface area contributed by atoms with E-state index in [9.17, 15) is 9.59 Å². The van der Waals surface area contributed by atoms with Crippen LogP contribution in [0.25, 0.3) is 11.1 Å². The summed E-state index contributed by atoms with van der Waals surface area (Å²) in [6.07, 6.45) is 0. The number of nitrogens with one attached hydrogen (secondary N) is 14. The molecular formula is C40H58N20O4S2. The van der Waals surface area contributed by atoms with Crippen LogP contribution in [-0.2, 0) is 0 Å². The molecule has 3 aromatic rings. The Bertz CT molecular complexity index is 2230. The summed E-state index contributed by atoms with van der Waals surface area (Å²) in [6.45, 7) is 12.1. The van der Waals surface area contributed by atoms with E-state index in [1.54, 1.807) is 38.1 Å². The van der Waals surface area contributed by atoms with Crippen molar-refractivity contribution in [3.63, 3.8) is 0 Å². The molecule has 0 heterocycles. The molecule has 2 amide bonds. The molecule has 0 radical (unpaired) electrons. The van der Waals surface area contributed by atoms with Crippen LogP contribution in [0.2, 0.25) is 0 Å². The summed E-state index contributed by atoms with van der Waals surface area (Å²) in [7, 11) is 0. The SMILES string of the molecule is C=C(C)c1cc(NC(=N)N)c(SCCNC(=N)N)c(NC(=O)c2cc(C(=O)Nc3cc(C(=C)C)cc(NC(=N)N)c3SCCNC(=N)N)c(OCCNC(=N)N)cc2OCCNC(=N)N)c1. The van der Waals surface area contributed by atoms with E-state index in [0.29, 0.717) is 54.9 Å². The molecule has 0 aliphatic rings. The van der Waals surface area contributed by atoms with Crippen LogP contribution >= 0.6 is 23.5 Å². The van der Waals surface area contributed by atoms with Crippen LogP contribution in [0, 0.1) is 32.5 Å². The minimum atomic E-state index is -0.744. The Morgan fingerprint density at radius 1 is 0.500 bits per heavy atom. The molecule has 0 aliphatic carbocycles. The first kappa shape index (κ1) is 52.3. The summed E-state index contributed by atoms with van der Waals surface area (Å²) < 4.78 is 12.2. The van der Waals surface area contributed by atoms with Gasteiger partial charge < -0.3 is 86.4 Å². The monoisotopic (exact) mass is 946 g/mol. The number of benzene rings is 3. The number of carbonyl (C=O) groups excluding carboxylic acids is 2. The van der Waals surface area contributed by atoms with Crippen molar-refractivity contribution in [3.05, 3.63) is 71.8 Å². The lowest BCUT2D eigenvalue weighted by Gasteiger charge is -2.21.